The third-order valence-electron chi connectivity index (χ3n) is 5.43. The van der Waals surface area contributed by atoms with Crippen LogP contribution in [0.1, 0.15) is 48.1 Å². The fraction of sp³-hybridized carbons (Fsp3) is 0.308. The number of aromatic hydroxyl groups is 1. The van der Waals surface area contributed by atoms with Crippen molar-refractivity contribution in [2.45, 2.75) is 33.6 Å². The Bertz CT molecular complexity index is 1210. The van der Waals surface area contributed by atoms with Crippen molar-refractivity contribution in [1.82, 2.24) is 10.3 Å². The molecule has 0 saturated heterocycles. The number of hydrogen-bond donors (Lipinski definition) is 2. The molecule has 0 radical (unpaired) electrons. The summed E-state index contributed by atoms with van der Waals surface area (Å²) in [7, 11) is 0. The van der Waals surface area contributed by atoms with Gasteiger partial charge in [0.05, 0.1) is 12.0 Å². The van der Waals surface area contributed by atoms with Gasteiger partial charge in [-0.1, -0.05) is 42.5 Å². The summed E-state index contributed by atoms with van der Waals surface area (Å²) in [5, 5.41) is 23.9. The van der Waals surface area contributed by atoms with Gasteiger partial charge in [0.2, 0.25) is 0 Å². The maximum Gasteiger partial charge on any atom is 0.313 e. The zero-order valence-electron chi connectivity index (χ0n) is 19.0. The fourth-order valence-electron chi connectivity index (χ4n) is 3.46. The van der Waals surface area contributed by atoms with Crippen LogP contribution in [0.15, 0.2) is 48.5 Å². The molecule has 0 spiro atoms. The van der Waals surface area contributed by atoms with Crippen LogP contribution in [0.3, 0.4) is 0 Å². The van der Waals surface area contributed by atoms with Gasteiger partial charge in [-0.25, -0.2) is 4.98 Å². The van der Waals surface area contributed by atoms with Crippen LogP contribution in [0.4, 0.5) is 0 Å². The molecule has 3 aromatic rings. The van der Waals surface area contributed by atoms with Gasteiger partial charge in [0.1, 0.15) is 11.8 Å². The quantitative estimate of drug-likeness (QED) is 0.508. The van der Waals surface area contributed by atoms with E-state index in [1.54, 1.807) is 26.8 Å². The van der Waals surface area contributed by atoms with Gasteiger partial charge in [-0.15, -0.1) is 0 Å². The van der Waals surface area contributed by atoms with Crippen molar-refractivity contribution in [2.75, 3.05) is 13.2 Å². The minimum atomic E-state index is -0.955. The summed E-state index contributed by atoms with van der Waals surface area (Å²) in [6.07, 6.45) is 1.60. The summed E-state index contributed by atoms with van der Waals surface area (Å²) in [5.41, 5.74) is 1.05. The highest BCUT2D eigenvalue weighted by atomic mass is 16.5. The lowest BCUT2D eigenvalue weighted by Crippen LogP contribution is -2.40. The van der Waals surface area contributed by atoms with E-state index < -0.39 is 17.3 Å². The molecule has 7 heteroatoms. The molecule has 0 aliphatic carbocycles. The number of pyridine rings is 1. The average molecular weight is 446 g/mol. The third-order valence-corrected chi connectivity index (χ3v) is 5.43. The molecule has 1 aromatic heterocycles. The molecule has 1 amide bonds. The molecule has 0 unspecified atom stereocenters. The Morgan fingerprint density at radius 3 is 2.45 bits per heavy atom. The molecule has 2 N–H and O–H groups in total. The fourth-order valence-corrected chi connectivity index (χ4v) is 3.46. The van der Waals surface area contributed by atoms with Gasteiger partial charge in [-0.3, -0.25) is 9.59 Å². The van der Waals surface area contributed by atoms with Gasteiger partial charge in [0.15, 0.2) is 11.4 Å². The molecule has 0 saturated carbocycles. The number of aryl methyl sites for hydroxylation is 2. The van der Waals surface area contributed by atoms with E-state index in [1.807, 2.05) is 36.4 Å². The minimum absolute atomic E-state index is 0.00979. The third kappa shape index (κ3) is 5.47. The predicted octanol–water partition coefficient (Wildman–Crippen LogP) is 3.92. The van der Waals surface area contributed by atoms with Crippen LogP contribution in [-0.4, -0.2) is 35.1 Å². The van der Waals surface area contributed by atoms with Crippen LogP contribution in [-0.2, 0) is 22.4 Å². The minimum Gasteiger partial charge on any atom is -0.505 e. The molecule has 0 aliphatic rings. The Morgan fingerprint density at radius 1 is 1.09 bits per heavy atom. The summed E-state index contributed by atoms with van der Waals surface area (Å²) in [4.78, 5) is 28.9. The highest BCUT2D eigenvalue weighted by Crippen LogP contribution is 2.31. The summed E-state index contributed by atoms with van der Waals surface area (Å²) >= 11 is 0. The number of nitrogens with zero attached hydrogens (tertiary/aromatic N) is 2. The van der Waals surface area contributed by atoms with Crippen LogP contribution >= 0.6 is 0 Å². The van der Waals surface area contributed by atoms with Crippen molar-refractivity contribution in [2.24, 2.45) is 5.41 Å². The summed E-state index contributed by atoms with van der Waals surface area (Å²) in [5.74, 6) is -1.41. The average Bonchev–Trinajstić information content (AvgIpc) is 2.82. The van der Waals surface area contributed by atoms with Crippen LogP contribution in [0.2, 0.25) is 0 Å². The highest BCUT2D eigenvalue weighted by molar-refractivity contribution is 6.03. The Morgan fingerprint density at radius 2 is 1.79 bits per heavy atom. The second-order valence-electron chi connectivity index (χ2n) is 8.42. The van der Waals surface area contributed by atoms with Crippen molar-refractivity contribution in [3.05, 3.63) is 71.0 Å². The molecule has 0 atom stereocenters. The van der Waals surface area contributed by atoms with E-state index in [1.165, 1.54) is 5.56 Å². The molecule has 170 valence electrons. The van der Waals surface area contributed by atoms with E-state index in [0.717, 1.165) is 18.4 Å². The SMILES string of the molecule is CCOC(=O)C(C)(C)CNC(=O)c1nc(C#N)c2cc(CCc3ccccc3)ccc2c1O. The predicted molar refractivity (Wildman–Crippen MR) is 125 cm³/mol. The number of nitriles is 1. The van der Waals surface area contributed by atoms with Crippen molar-refractivity contribution < 1.29 is 19.4 Å². The number of carbonyl (C=O) groups excluding carboxylic acids is 2. The largest absolute Gasteiger partial charge is 0.505 e. The molecule has 0 aliphatic heterocycles. The van der Waals surface area contributed by atoms with Crippen molar-refractivity contribution in [1.29, 1.82) is 5.26 Å². The first-order chi connectivity index (χ1) is 15.8. The highest BCUT2D eigenvalue weighted by Gasteiger charge is 2.30. The molecule has 7 nitrogen and oxygen atoms in total. The maximum absolute atomic E-state index is 12.7. The monoisotopic (exact) mass is 445 g/mol. The molecule has 1 heterocycles. The molecule has 33 heavy (non-hydrogen) atoms. The number of esters is 1. The molecule has 2 aromatic carbocycles. The Labute approximate surface area is 193 Å². The number of carbonyl (C=O) groups is 2. The van der Waals surface area contributed by atoms with Gasteiger partial charge in [-0.05, 0) is 50.8 Å². The number of benzene rings is 2. The second kappa shape index (κ2) is 10.1. The molecule has 3 rings (SSSR count). The molecule has 0 bridgehead atoms. The van der Waals surface area contributed by atoms with Crippen molar-refractivity contribution >= 4 is 22.6 Å². The lowest BCUT2D eigenvalue weighted by molar-refractivity contribution is -0.153. The van der Waals surface area contributed by atoms with Crippen LogP contribution in [0, 0.1) is 16.7 Å². The number of rotatable bonds is 8. The van der Waals surface area contributed by atoms with Gasteiger partial charge in [-0.2, -0.15) is 5.26 Å². The van der Waals surface area contributed by atoms with Gasteiger partial charge in [0.25, 0.3) is 5.91 Å². The number of hydrogen-bond acceptors (Lipinski definition) is 6. The molecular formula is C26H27N3O4. The van der Waals surface area contributed by atoms with Gasteiger partial charge >= 0.3 is 5.97 Å². The molecular weight excluding hydrogens is 418 g/mol. The second-order valence-corrected chi connectivity index (χ2v) is 8.42. The Hall–Kier alpha value is -3.92. The lowest BCUT2D eigenvalue weighted by atomic mass is 9.93. The number of aromatic nitrogens is 1. The lowest BCUT2D eigenvalue weighted by Gasteiger charge is -2.22. The normalized spacial score (nSPS) is 11.1. The van der Waals surface area contributed by atoms with Gasteiger partial charge in [0, 0.05) is 17.3 Å². The zero-order valence-corrected chi connectivity index (χ0v) is 19.0. The van der Waals surface area contributed by atoms with E-state index in [2.05, 4.69) is 22.4 Å². The van der Waals surface area contributed by atoms with Crippen LogP contribution in [0.25, 0.3) is 10.8 Å². The number of amides is 1. The number of ether oxygens (including phenoxy) is 1. The van der Waals surface area contributed by atoms with E-state index in [9.17, 15) is 20.0 Å². The van der Waals surface area contributed by atoms with Crippen LogP contribution in [0.5, 0.6) is 5.75 Å². The summed E-state index contributed by atoms with van der Waals surface area (Å²) in [6.45, 7) is 5.24. The Balaban J connectivity index is 1.84. The topological polar surface area (TPSA) is 112 Å². The standard InChI is InChI=1S/C26H27N3O4/c1-4-33-25(32)26(2,3)16-28-24(31)22-23(30)19-13-12-18(14-20(19)21(15-27)29-22)11-10-17-8-6-5-7-9-17/h5-9,12-14,30H,4,10-11,16H2,1-3H3,(H,28,31). The van der Waals surface area contributed by atoms with Crippen LogP contribution < -0.4 is 5.32 Å². The zero-order chi connectivity index (χ0) is 24.0. The van der Waals surface area contributed by atoms with Gasteiger partial charge < -0.3 is 15.2 Å². The van der Waals surface area contributed by atoms with Crippen molar-refractivity contribution in [3.8, 4) is 11.8 Å². The Kier molecular flexibility index (Phi) is 7.29. The van der Waals surface area contributed by atoms with E-state index in [0.29, 0.717) is 10.8 Å². The van der Waals surface area contributed by atoms with E-state index in [4.69, 9.17) is 4.74 Å². The van der Waals surface area contributed by atoms with E-state index >= 15 is 0 Å². The number of nitrogens with one attached hydrogen (secondary N) is 1. The smallest absolute Gasteiger partial charge is 0.313 e. The number of fused-ring (bicyclic) bond motifs is 1. The first-order valence-electron chi connectivity index (χ1n) is 10.8. The molecule has 0 fully saturated rings. The maximum atomic E-state index is 12.7. The summed E-state index contributed by atoms with van der Waals surface area (Å²) in [6, 6.07) is 17.5. The first-order valence-corrected chi connectivity index (χ1v) is 10.8. The van der Waals surface area contributed by atoms with E-state index in [-0.39, 0.29) is 30.3 Å². The summed E-state index contributed by atoms with van der Waals surface area (Å²) < 4.78 is 5.02. The first kappa shape index (κ1) is 23.7. The van der Waals surface area contributed by atoms with Crippen molar-refractivity contribution in [3.63, 3.8) is 0 Å².